The average molecular weight is 393 g/mol. The van der Waals surface area contributed by atoms with Crippen molar-refractivity contribution < 1.29 is 13.2 Å². The van der Waals surface area contributed by atoms with Crippen LogP contribution in [0.25, 0.3) is 0 Å². The molecule has 0 bridgehead atoms. The Morgan fingerprint density at radius 1 is 1.19 bits per heavy atom. The van der Waals surface area contributed by atoms with E-state index >= 15 is 0 Å². The Hall–Kier alpha value is -1.64. The van der Waals surface area contributed by atoms with Gasteiger partial charge in [-0.15, -0.1) is 0 Å². The minimum atomic E-state index is -3.31. The van der Waals surface area contributed by atoms with Crippen molar-refractivity contribution in [2.45, 2.75) is 31.8 Å². The van der Waals surface area contributed by atoms with Crippen molar-refractivity contribution in [3.63, 3.8) is 0 Å². The van der Waals surface area contributed by atoms with Gasteiger partial charge in [-0.25, -0.2) is 8.42 Å². The number of nitrogens with one attached hydrogen (secondary N) is 1. The normalized spacial score (nSPS) is 26.4. The fraction of sp³-hybridized carbons (Fsp3) is 0.632. The minimum Gasteiger partial charge on any atom is -0.337 e. The van der Waals surface area contributed by atoms with Gasteiger partial charge in [0.05, 0.1) is 11.9 Å². The number of carbonyl (C=O) groups excluding carboxylic acids is 1. The molecular weight excluding hydrogens is 364 g/mol. The van der Waals surface area contributed by atoms with Gasteiger partial charge < -0.3 is 10.2 Å². The van der Waals surface area contributed by atoms with Crippen LogP contribution in [0.5, 0.6) is 0 Å². The zero-order valence-corrected chi connectivity index (χ0v) is 16.8. The molecule has 1 N–H and O–H groups in total. The molecule has 8 heteroatoms. The highest BCUT2D eigenvalue weighted by molar-refractivity contribution is 7.92. The predicted octanol–water partition coefficient (Wildman–Crippen LogP) is 0.517. The summed E-state index contributed by atoms with van der Waals surface area (Å²) < 4.78 is 25.6. The van der Waals surface area contributed by atoms with Crippen LogP contribution in [0.15, 0.2) is 18.2 Å². The van der Waals surface area contributed by atoms with E-state index in [0.717, 1.165) is 51.3 Å². The molecule has 0 spiro atoms. The molecule has 7 nitrogen and oxygen atoms in total. The number of benzene rings is 1. The van der Waals surface area contributed by atoms with Crippen LogP contribution in [0, 0.1) is 0 Å². The van der Waals surface area contributed by atoms with Crippen LogP contribution in [0.4, 0.5) is 5.69 Å². The topological polar surface area (TPSA) is 73.0 Å². The van der Waals surface area contributed by atoms with Gasteiger partial charge in [-0.2, -0.15) is 0 Å². The highest BCUT2D eigenvalue weighted by Crippen LogP contribution is 2.35. The number of piperazine rings is 1. The molecule has 148 valence electrons. The van der Waals surface area contributed by atoms with E-state index in [4.69, 9.17) is 0 Å². The molecule has 0 radical (unpaired) electrons. The first-order valence-corrected chi connectivity index (χ1v) is 11.6. The van der Waals surface area contributed by atoms with E-state index in [1.165, 1.54) is 10.6 Å². The van der Waals surface area contributed by atoms with Crippen molar-refractivity contribution in [3.8, 4) is 0 Å². The molecule has 27 heavy (non-hydrogen) atoms. The van der Waals surface area contributed by atoms with Gasteiger partial charge in [-0.3, -0.25) is 14.0 Å². The van der Waals surface area contributed by atoms with Crippen LogP contribution in [-0.2, 0) is 16.4 Å². The molecule has 0 aromatic heterocycles. The molecule has 3 aliphatic heterocycles. The van der Waals surface area contributed by atoms with Crippen molar-refractivity contribution in [1.29, 1.82) is 0 Å². The zero-order chi connectivity index (χ0) is 19.2. The van der Waals surface area contributed by atoms with Crippen molar-refractivity contribution in [2.75, 3.05) is 49.8 Å². The second kappa shape index (κ2) is 7.07. The molecule has 3 aliphatic rings. The average Bonchev–Trinajstić information content (AvgIpc) is 3.24. The zero-order valence-electron chi connectivity index (χ0n) is 16.0. The molecule has 1 aromatic carbocycles. The summed E-state index contributed by atoms with van der Waals surface area (Å²) in [7, 11) is -3.31. The van der Waals surface area contributed by atoms with Gasteiger partial charge in [0.15, 0.2) is 0 Å². The Morgan fingerprint density at radius 2 is 1.93 bits per heavy atom. The smallest absolute Gasteiger partial charge is 0.253 e. The van der Waals surface area contributed by atoms with E-state index < -0.39 is 10.0 Å². The summed E-state index contributed by atoms with van der Waals surface area (Å²) in [6.07, 6.45) is 2.90. The van der Waals surface area contributed by atoms with Gasteiger partial charge >= 0.3 is 0 Å². The molecule has 3 heterocycles. The molecule has 2 unspecified atom stereocenters. The first-order valence-electron chi connectivity index (χ1n) is 9.71. The summed E-state index contributed by atoms with van der Waals surface area (Å²) in [5, 5.41) is 3.37. The number of hydrogen-bond acceptors (Lipinski definition) is 5. The molecular formula is C19H28N4O3S. The summed E-state index contributed by atoms with van der Waals surface area (Å²) in [5.41, 5.74) is 2.32. The number of rotatable bonds is 3. The molecule has 2 saturated heterocycles. The maximum Gasteiger partial charge on any atom is 0.253 e. The van der Waals surface area contributed by atoms with Crippen molar-refractivity contribution in [3.05, 3.63) is 29.3 Å². The van der Waals surface area contributed by atoms with Crippen LogP contribution in [0.1, 0.15) is 29.3 Å². The molecule has 4 rings (SSSR count). The monoisotopic (exact) mass is 392 g/mol. The Bertz CT molecular complexity index is 835. The van der Waals surface area contributed by atoms with Crippen LogP contribution in [0.2, 0.25) is 0 Å². The van der Waals surface area contributed by atoms with E-state index in [1.807, 2.05) is 17.9 Å². The van der Waals surface area contributed by atoms with Crippen molar-refractivity contribution in [2.24, 2.45) is 0 Å². The van der Waals surface area contributed by atoms with E-state index in [0.29, 0.717) is 23.7 Å². The van der Waals surface area contributed by atoms with Gasteiger partial charge in [-0.05, 0) is 43.5 Å². The molecule has 0 saturated carbocycles. The summed E-state index contributed by atoms with van der Waals surface area (Å²) in [6.45, 7) is 7.60. The van der Waals surface area contributed by atoms with Gasteiger partial charge in [0, 0.05) is 56.9 Å². The molecule has 1 amide bonds. The second-order valence-corrected chi connectivity index (χ2v) is 9.79. The number of fused-ring (bicyclic) bond motifs is 1. The molecule has 2 atom stereocenters. The molecule has 0 aliphatic carbocycles. The SMILES string of the molecule is CC1Cc2cc(C(=O)N3CCC(N4CCNCC4)C3)ccc2N1S(C)(=O)=O. The summed E-state index contributed by atoms with van der Waals surface area (Å²) >= 11 is 0. The number of amides is 1. The van der Waals surface area contributed by atoms with E-state index in [9.17, 15) is 13.2 Å². The third-order valence-electron chi connectivity index (χ3n) is 5.96. The van der Waals surface area contributed by atoms with Gasteiger partial charge in [0.2, 0.25) is 10.0 Å². The number of nitrogens with zero attached hydrogens (tertiary/aromatic N) is 3. The van der Waals surface area contributed by atoms with Crippen LogP contribution >= 0.6 is 0 Å². The molecule has 1 aromatic rings. The highest BCUT2D eigenvalue weighted by atomic mass is 32.2. The lowest BCUT2D eigenvalue weighted by atomic mass is 10.1. The number of carbonyl (C=O) groups is 1. The van der Waals surface area contributed by atoms with Gasteiger partial charge in [-0.1, -0.05) is 0 Å². The lowest BCUT2D eigenvalue weighted by molar-refractivity contribution is 0.0773. The van der Waals surface area contributed by atoms with Crippen LogP contribution < -0.4 is 9.62 Å². The lowest BCUT2D eigenvalue weighted by Crippen LogP contribution is -2.49. The number of anilines is 1. The summed E-state index contributed by atoms with van der Waals surface area (Å²) in [4.78, 5) is 17.4. The largest absolute Gasteiger partial charge is 0.337 e. The maximum atomic E-state index is 13.0. The fourth-order valence-electron chi connectivity index (χ4n) is 4.70. The van der Waals surface area contributed by atoms with Crippen LogP contribution in [0.3, 0.4) is 0 Å². The Kier molecular flexibility index (Phi) is 4.90. The lowest BCUT2D eigenvalue weighted by Gasteiger charge is -2.32. The predicted molar refractivity (Wildman–Crippen MR) is 106 cm³/mol. The number of likely N-dealkylation sites (tertiary alicyclic amines) is 1. The third-order valence-corrected chi connectivity index (χ3v) is 7.23. The Balaban J connectivity index is 1.48. The highest BCUT2D eigenvalue weighted by Gasteiger charge is 2.35. The van der Waals surface area contributed by atoms with E-state index in [-0.39, 0.29) is 11.9 Å². The first kappa shape index (κ1) is 18.7. The number of hydrogen-bond donors (Lipinski definition) is 1. The third kappa shape index (κ3) is 3.58. The minimum absolute atomic E-state index is 0.0564. The molecule has 2 fully saturated rings. The van der Waals surface area contributed by atoms with Gasteiger partial charge in [0.1, 0.15) is 0 Å². The summed E-state index contributed by atoms with van der Waals surface area (Å²) in [5.74, 6) is 0.0564. The van der Waals surface area contributed by atoms with E-state index in [1.54, 1.807) is 12.1 Å². The second-order valence-electron chi connectivity index (χ2n) is 7.94. The maximum absolute atomic E-state index is 13.0. The van der Waals surface area contributed by atoms with Crippen molar-refractivity contribution >= 4 is 21.6 Å². The summed E-state index contributed by atoms with van der Waals surface area (Å²) in [6, 6.07) is 5.79. The Morgan fingerprint density at radius 3 is 2.63 bits per heavy atom. The fourth-order valence-corrected chi connectivity index (χ4v) is 5.96. The standard InChI is InChI=1S/C19H28N4O3S/c1-14-11-16-12-15(3-4-18(16)23(14)27(2,25)26)19(24)22-8-5-17(13-22)21-9-6-20-7-10-21/h3-4,12,14,17,20H,5-11,13H2,1-2H3. The van der Waals surface area contributed by atoms with Crippen molar-refractivity contribution in [1.82, 2.24) is 15.1 Å². The Labute approximate surface area is 161 Å². The van der Waals surface area contributed by atoms with E-state index in [2.05, 4.69) is 10.2 Å². The number of sulfonamides is 1. The quantitative estimate of drug-likeness (QED) is 0.812. The van der Waals surface area contributed by atoms with Gasteiger partial charge in [0.25, 0.3) is 5.91 Å². The first-order chi connectivity index (χ1) is 12.8. The van der Waals surface area contributed by atoms with Crippen LogP contribution in [-0.4, -0.2) is 81.7 Å².